The number of carboxylic acids is 1. The Morgan fingerprint density at radius 3 is 2.74 bits per heavy atom. The second-order valence-corrected chi connectivity index (χ2v) is 6.87. The largest absolute Gasteiger partial charge is 0.481 e. The van der Waals surface area contributed by atoms with Crippen LogP contribution in [-0.2, 0) is 15.6 Å². The average Bonchev–Trinajstić information content (AvgIpc) is 2.72. The summed E-state index contributed by atoms with van der Waals surface area (Å²) in [6, 6.07) is -0.728. The SMILES string of the molecule is CCS(=O)CCNC(=O)NC1CCCC1(C)C(=O)O. The maximum Gasteiger partial charge on any atom is 0.315 e. The third kappa shape index (κ3) is 4.19. The van der Waals surface area contributed by atoms with Crippen LogP contribution < -0.4 is 10.6 Å². The first-order valence-corrected chi connectivity index (χ1v) is 8.01. The molecule has 0 aliphatic heterocycles. The van der Waals surface area contributed by atoms with Crippen LogP contribution in [0.5, 0.6) is 0 Å². The van der Waals surface area contributed by atoms with Crippen molar-refractivity contribution in [2.24, 2.45) is 5.41 Å². The number of carbonyl (C=O) groups is 2. The number of amides is 2. The first kappa shape index (κ1) is 15.9. The lowest BCUT2D eigenvalue weighted by molar-refractivity contribution is -0.148. The molecule has 2 amide bonds. The molecule has 0 saturated heterocycles. The summed E-state index contributed by atoms with van der Waals surface area (Å²) in [6.07, 6.45) is 2.05. The highest BCUT2D eigenvalue weighted by Gasteiger charge is 2.45. The Hall–Kier alpha value is -1.11. The Morgan fingerprint density at radius 2 is 2.16 bits per heavy atom. The number of hydrogen-bond donors (Lipinski definition) is 3. The fourth-order valence-electron chi connectivity index (χ4n) is 2.29. The second-order valence-electron chi connectivity index (χ2n) is 5.00. The van der Waals surface area contributed by atoms with Gasteiger partial charge in [0.15, 0.2) is 0 Å². The molecule has 110 valence electrons. The summed E-state index contributed by atoms with van der Waals surface area (Å²) in [5, 5.41) is 14.6. The Kier molecular flexibility index (Phi) is 5.78. The van der Waals surface area contributed by atoms with Gasteiger partial charge < -0.3 is 15.7 Å². The van der Waals surface area contributed by atoms with Crippen LogP contribution >= 0.6 is 0 Å². The topological polar surface area (TPSA) is 95.5 Å². The van der Waals surface area contributed by atoms with E-state index in [2.05, 4.69) is 10.6 Å². The van der Waals surface area contributed by atoms with Crippen molar-refractivity contribution >= 4 is 22.8 Å². The molecule has 3 N–H and O–H groups in total. The van der Waals surface area contributed by atoms with Gasteiger partial charge >= 0.3 is 12.0 Å². The van der Waals surface area contributed by atoms with Gasteiger partial charge in [-0.1, -0.05) is 13.3 Å². The molecule has 0 radical (unpaired) electrons. The van der Waals surface area contributed by atoms with Crippen LogP contribution in [0.4, 0.5) is 4.79 Å². The molecule has 19 heavy (non-hydrogen) atoms. The van der Waals surface area contributed by atoms with Crippen molar-refractivity contribution in [1.82, 2.24) is 10.6 Å². The van der Waals surface area contributed by atoms with E-state index in [1.165, 1.54) is 0 Å². The van der Waals surface area contributed by atoms with E-state index in [0.29, 0.717) is 30.9 Å². The number of carboxylic acid groups (broad SMARTS) is 1. The van der Waals surface area contributed by atoms with Crippen LogP contribution in [0.15, 0.2) is 0 Å². The van der Waals surface area contributed by atoms with Gasteiger partial charge in [0.05, 0.1) is 5.41 Å². The minimum Gasteiger partial charge on any atom is -0.481 e. The Balaban J connectivity index is 2.40. The lowest BCUT2D eigenvalue weighted by Crippen LogP contribution is -2.50. The molecule has 1 saturated carbocycles. The van der Waals surface area contributed by atoms with Crippen molar-refractivity contribution in [3.05, 3.63) is 0 Å². The molecule has 3 atom stereocenters. The third-order valence-electron chi connectivity index (χ3n) is 3.69. The van der Waals surface area contributed by atoms with Gasteiger partial charge in [0, 0.05) is 34.9 Å². The predicted octanol–water partition coefficient (Wildman–Crippen LogP) is 0.698. The van der Waals surface area contributed by atoms with Crippen molar-refractivity contribution in [2.75, 3.05) is 18.1 Å². The summed E-state index contributed by atoms with van der Waals surface area (Å²) in [4.78, 5) is 22.9. The number of aliphatic carboxylic acids is 1. The molecule has 1 aliphatic carbocycles. The van der Waals surface area contributed by atoms with Gasteiger partial charge in [-0.3, -0.25) is 9.00 Å². The van der Waals surface area contributed by atoms with Gasteiger partial charge in [-0.15, -0.1) is 0 Å². The first-order valence-electron chi connectivity index (χ1n) is 6.53. The summed E-state index contributed by atoms with van der Waals surface area (Å²) >= 11 is 0. The van der Waals surface area contributed by atoms with Gasteiger partial charge in [-0.25, -0.2) is 4.79 Å². The van der Waals surface area contributed by atoms with Gasteiger partial charge in [0.1, 0.15) is 0 Å². The summed E-state index contributed by atoms with van der Waals surface area (Å²) in [7, 11) is -0.907. The highest BCUT2D eigenvalue weighted by Crippen LogP contribution is 2.38. The Labute approximate surface area is 115 Å². The number of urea groups is 1. The summed E-state index contributed by atoms with van der Waals surface area (Å²) in [6.45, 7) is 3.83. The standard InChI is InChI=1S/C12H22N2O4S/c1-3-19(18)8-7-13-11(17)14-9-5-4-6-12(9,2)10(15)16/h9H,3-8H2,1-2H3,(H,15,16)(H2,13,14,17). The molecule has 0 spiro atoms. The monoisotopic (exact) mass is 290 g/mol. The second kappa shape index (κ2) is 6.88. The van der Waals surface area contributed by atoms with Gasteiger partial charge in [0.2, 0.25) is 0 Å². The molecule has 6 nitrogen and oxygen atoms in total. The van der Waals surface area contributed by atoms with E-state index in [1.54, 1.807) is 6.92 Å². The molecular weight excluding hydrogens is 268 g/mol. The number of rotatable bonds is 6. The first-order chi connectivity index (χ1) is 8.90. The fourth-order valence-corrected chi connectivity index (χ4v) is 2.90. The molecule has 0 aromatic carbocycles. The molecule has 0 aromatic heterocycles. The van der Waals surface area contributed by atoms with Gasteiger partial charge in [0.25, 0.3) is 0 Å². The zero-order valence-corrected chi connectivity index (χ0v) is 12.2. The number of carbonyl (C=O) groups excluding carboxylic acids is 1. The maximum absolute atomic E-state index is 11.7. The van der Waals surface area contributed by atoms with E-state index in [1.807, 2.05) is 6.92 Å². The van der Waals surface area contributed by atoms with Crippen LogP contribution in [-0.4, -0.2) is 45.4 Å². The molecule has 3 unspecified atom stereocenters. The zero-order valence-electron chi connectivity index (χ0n) is 11.4. The van der Waals surface area contributed by atoms with Crippen molar-refractivity contribution in [2.45, 2.75) is 39.2 Å². The van der Waals surface area contributed by atoms with E-state index < -0.39 is 22.2 Å². The minimum atomic E-state index is -0.907. The molecule has 0 aromatic rings. The lowest BCUT2D eigenvalue weighted by Gasteiger charge is -2.27. The molecule has 0 heterocycles. The van der Waals surface area contributed by atoms with E-state index in [9.17, 15) is 18.9 Å². The Bertz CT molecular complexity index is 375. The Morgan fingerprint density at radius 1 is 1.47 bits per heavy atom. The van der Waals surface area contributed by atoms with Crippen LogP contribution in [0.1, 0.15) is 33.1 Å². The van der Waals surface area contributed by atoms with E-state index in [-0.39, 0.29) is 12.1 Å². The molecule has 1 aliphatic rings. The van der Waals surface area contributed by atoms with Crippen LogP contribution in [0, 0.1) is 5.41 Å². The maximum atomic E-state index is 11.7. The smallest absolute Gasteiger partial charge is 0.315 e. The summed E-state index contributed by atoms with van der Waals surface area (Å²) in [5.41, 5.74) is -0.885. The normalized spacial score (nSPS) is 27.8. The van der Waals surface area contributed by atoms with E-state index in [4.69, 9.17) is 0 Å². The third-order valence-corrected chi connectivity index (χ3v) is 4.99. The summed E-state index contributed by atoms with van der Waals surface area (Å²) in [5.74, 6) is 0.121. The molecular formula is C12H22N2O4S. The van der Waals surface area contributed by atoms with Crippen molar-refractivity contribution in [3.63, 3.8) is 0 Å². The lowest BCUT2D eigenvalue weighted by atomic mass is 9.85. The molecule has 1 rings (SSSR count). The van der Waals surface area contributed by atoms with Gasteiger partial charge in [-0.05, 0) is 19.8 Å². The molecule has 0 bridgehead atoms. The zero-order chi connectivity index (χ0) is 14.5. The van der Waals surface area contributed by atoms with Crippen LogP contribution in [0.2, 0.25) is 0 Å². The number of nitrogens with one attached hydrogen (secondary N) is 2. The van der Waals surface area contributed by atoms with Gasteiger partial charge in [-0.2, -0.15) is 0 Å². The van der Waals surface area contributed by atoms with Crippen molar-refractivity contribution in [3.8, 4) is 0 Å². The highest BCUT2D eigenvalue weighted by atomic mass is 32.2. The van der Waals surface area contributed by atoms with Crippen molar-refractivity contribution < 1.29 is 18.9 Å². The van der Waals surface area contributed by atoms with Crippen LogP contribution in [0.3, 0.4) is 0 Å². The molecule has 1 fully saturated rings. The van der Waals surface area contributed by atoms with Crippen molar-refractivity contribution in [1.29, 1.82) is 0 Å². The average molecular weight is 290 g/mol. The fraction of sp³-hybridized carbons (Fsp3) is 0.833. The predicted molar refractivity (Wildman–Crippen MR) is 73.5 cm³/mol. The minimum absolute atomic E-state index is 0.336. The number of hydrogen-bond acceptors (Lipinski definition) is 3. The van der Waals surface area contributed by atoms with E-state index >= 15 is 0 Å². The highest BCUT2D eigenvalue weighted by molar-refractivity contribution is 7.84. The summed E-state index contributed by atoms with van der Waals surface area (Å²) < 4.78 is 11.2. The van der Waals surface area contributed by atoms with E-state index in [0.717, 1.165) is 6.42 Å². The quantitative estimate of drug-likeness (QED) is 0.671. The molecule has 7 heteroatoms. The van der Waals surface area contributed by atoms with Crippen LogP contribution in [0.25, 0.3) is 0 Å².